The number of nitrogen functional groups attached to an aromatic ring is 1. The Kier molecular flexibility index (Phi) is 4.24. The first-order valence-corrected chi connectivity index (χ1v) is 6.57. The van der Waals surface area contributed by atoms with E-state index in [-0.39, 0.29) is 18.0 Å². The predicted octanol–water partition coefficient (Wildman–Crippen LogP) is 2.07. The topological polar surface area (TPSA) is 116 Å². The average molecular weight is 346 g/mol. The number of hydrogen-bond donors (Lipinski definition) is 2. The van der Waals surface area contributed by atoms with Gasteiger partial charge < -0.3 is 4.74 Å². The van der Waals surface area contributed by atoms with Gasteiger partial charge in [0.05, 0.1) is 9.40 Å². The van der Waals surface area contributed by atoms with Crippen LogP contribution in [0.5, 0.6) is 5.75 Å². The van der Waals surface area contributed by atoms with E-state index in [9.17, 15) is 10.1 Å². The number of halogens is 1. The van der Waals surface area contributed by atoms with Crippen molar-refractivity contribution in [3.05, 3.63) is 37.8 Å². The number of anilines is 1. The number of aromatic nitrogens is 2. The molecule has 100 valence electrons. The quantitative estimate of drug-likeness (QED) is 0.484. The molecular weight excluding hydrogens is 338 g/mol. The van der Waals surface area contributed by atoms with Gasteiger partial charge in [0.1, 0.15) is 6.61 Å². The average Bonchev–Trinajstić information content (AvgIpc) is 2.85. The summed E-state index contributed by atoms with van der Waals surface area (Å²) in [6, 6.07) is 4.60. The van der Waals surface area contributed by atoms with E-state index in [4.69, 9.17) is 10.6 Å². The third-order valence-corrected chi connectivity index (χ3v) is 3.53. The summed E-state index contributed by atoms with van der Waals surface area (Å²) in [4.78, 5) is 10.4. The van der Waals surface area contributed by atoms with Gasteiger partial charge in [-0.15, -0.1) is 10.2 Å². The largest absolute Gasteiger partial charge is 0.479 e. The van der Waals surface area contributed by atoms with E-state index in [1.54, 1.807) is 12.1 Å². The number of rotatable bonds is 5. The van der Waals surface area contributed by atoms with Crippen LogP contribution in [0.15, 0.2) is 22.7 Å². The molecule has 10 heteroatoms. The van der Waals surface area contributed by atoms with Crippen LogP contribution in [0.1, 0.15) is 5.01 Å². The zero-order valence-electron chi connectivity index (χ0n) is 9.37. The number of nitrogens with one attached hydrogen (secondary N) is 1. The van der Waals surface area contributed by atoms with Crippen molar-refractivity contribution in [2.24, 2.45) is 5.84 Å². The van der Waals surface area contributed by atoms with Gasteiger partial charge in [-0.2, -0.15) is 0 Å². The molecule has 0 fully saturated rings. The minimum absolute atomic E-state index is 0.0722. The Balaban J connectivity index is 2.17. The highest BCUT2D eigenvalue weighted by Gasteiger charge is 2.18. The number of nitrogens with two attached hydrogens (primary N) is 1. The van der Waals surface area contributed by atoms with Crippen LogP contribution in [-0.2, 0) is 6.61 Å². The van der Waals surface area contributed by atoms with Crippen molar-refractivity contribution in [3.63, 3.8) is 0 Å². The van der Waals surface area contributed by atoms with Gasteiger partial charge >= 0.3 is 5.69 Å². The van der Waals surface area contributed by atoms with E-state index >= 15 is 0 Å². The van der Waals surface area contributed by atoms with Crippen molar-refractivity contribution < 1.29 is 9.66 Å². The van der Waals surface area contributed by atoms with E-state index in [1.165, 1.54) is 17.4 Å². The minimum atomic E-state index is -0.507. The summed E-state index contributed by atoms with van der Waals surface area (Å²) in [5.74, 6) is 5.34. The zero-order chi connectivity index (χ0) is 13.8. The number of para-hydroxylation sites is 1. The van der Waals surface area contributed by atoms with Crippen molar-refractivity contribution in [3.8, 4) is 5.75 Å². The highest BCUT2D eigenvalue weighted by atomic mass is 79.9. The number of ether oxygens (including phenoxy) is 1. The van der Waals surface area contributed by atoms with Gasteiger partial charge in [0.15, 0.2) is 5.01 Å². The molecule has 8 nitrogen and oxygen atoms in total. The van der Waals surface area contributed by atoms with Crippen molar-refractivity contribution in [2.75, 3.05) is 5.43 Å². The Labute approximate surface area is 119 Å². The highest BCUT2D eigenvalue weighted by Crippen LogP contribution is 2.35. The maximum atomic E-state index is 10.9. The van der Waals surface area contributed by atoms with Crippen molar-refractivity contribution in [1.82, 2.24) is 10.2 Å². The van der Waals surface area contributed by atoms with Crippen LogP contribution in [0.3, 0.4) is 0 Å². The molecule has 0 radical (unpaired) electrons. The van der Waals surface area contributed by atoms with Crippen LogP contribution >= 0.6 is 27.3 Å². The van der Waals surface area contributed by atoms with Crippen molar-refractivity contribution >= 4 is 38.1 Å². The number of hydrazine groups is 1. The molecule has 19 heavy (non-hydrogen) atoms. The lowest BCUT2D eigenvalue weighted by Crippen LogP contribution is -2.05. The second kappa shape index (κ2) is 5.91. The second-order valence-electron chi connectivity index (χ2n) is 3.28. The molecule has 0 bridgehead atoms. The molecule has 0 aliphatic heterocycles. The zero-order valence-corrected chi connectivity index (χ0v) is 11.8. The summed E-state index contributed by atoms with van der Waals surface area (Å²) in [7, 11) is 0. The molecular formula is C9H8BrN5O3S. The molecule has 1 aromatic heterocycles. The van der Waals surface area contributed by atoms with Crippen LogP contribution in [0, 0.1) is 10.1 Å². The van der Waals surface area contributed by atoms with Crippen LogP contribution in [0.2, 0.25) is 0 Å². The normalized spacial score (nSPS) is 10.2. The summed E-state index contributed by atoms with van der Waals surface area (Å²) in [6.07, 6.45) is 0. The fourth-order valence-corrected chi connectivity index (χ4v) is 2.32. The van der Waals surface area contributed by atoms with Crippen molar-refractivity contribution in [1.29, 1.82) is 0 Å². The van der Waals surface area contributed by atoms with Gasteiger partial charge in [0, 0.05) is 6.07 Å². The van der Waals surface area contributed by atoms with Gasteiger partial charge in [-0.3, -0.25) is 15.5 Å². The summed E-state index contributed by atoms with van der Waals surface area (Å²) < 4.78 is 5.93. The Morgan fingerprint density at radius 3 is 2.95 bits per heavy atom. The van der Waals surface area contributed by atoms with Crippen LogP contribution < -0.4 is 16.0 Å². The standard InChI is InChI=1S/C9H8BrN5O3S/c10-5-2-1-3-6(15(16)17)8(5)18-4-7-13-14-9(12-11)19-7/h1-3H,4,11H2,(H,12,14). The number of nitro benzene ring substituents is 1. The van der Waals surface area contributed by atoms with Crippen LogP contribution in [-0.4, -0.2) is 15.1 Å². The molecule has 0 atom stereocenters. The Morgan fingerprint density at radius 2 is 2.32 bits per heavy atom. The lowest BCUT2D eigenvalue weighted by atomic mass is 10.3. The monoisotopic (exact) mass is 345 g/mol. The predicted molar refractivity (Wildman–Crippen MR) is 72.8 cm³/mol. The molecule has 3 N–H and O–H groups in total. The molecule has 2 aromatic rings. The van der Waals surface area contributed by atoms with E-state index in [0.717, 1.165) is 0 Å². The lowest BCUT2D eigenvalue weighted by molar-refractivity contribution is -0.386. The van der Waals surface area contributed by atoms with Gasteiger partial charge in [-0.05, 0) is 22.0 Å². The van der Waals surface area contributed by atoms with E-state index in [2.05, 4.69) is 31.6 Å². The first kappa shape index (κ1) is 13.6. The fraction of sp³-hybridized carbons (Fsp3) is 0.111. The molecule has 0 saturated carbocycles. The molecule has 0 unspecified atom stereocenters. The molecule has 0 spiro atoms. The Morgan fingerprint density at radius 1 is 1.53 bits per heavy atom. The number of benzene rings is 1. The Bertz CT molecular complexity index is 605. The molecule has 0 saturated heterocycles. The maximum absolute atomic E-state index is 10.9. The van der Waals surface area contributed by atoms with Gasteiger partial charge in [0.2, 0.25) is 10.9 Å². The van der Waals surface area contributed by atoms with Gasteiger partial charge in [0.25, 0.3) is 0 Å². The first-order valence-electron chi connectivity index (χ1n) is 4.96. The second-order valence-corrected chi connectivity index (χ2v) is 5.20. The molecule has 0 amide bonds. The summed E-state index contributed by atoms with van der Waals surface area (Å²) in [5, 5.41) is 19.4. The lowest BCUT2D eigenvalue weighted by Gasteiger charge is -2.06. The third-order valence-electron chi connectivity index (χ3n) is 2.07. The molecule has 0 aliphatic rings. The van der Waals surface area contributed by atoms with E-state index < -0.39 is 4.92 Å². The summed E-state index contributed by atoms with van der Waals surface area (Å²) in [5.41, 5.74) is 2.24. The number of nitrogens with zero attached hydrogens (tertiary/aromatic N) is 3. The molecule has 0 aliphatic carbocycles. The fourth-order valence-electron chi connectivity index (χ4n) is 1.29. The summed E-state index contributed by atoms with van der Waals surface area (Å²) in [6.45, 7) is 0.0722. The molecule has 2 rings (SSSR count). The number of nitro groups is 1. The van der Waals surface area contributed by atoms with Gasteiger partial charge in [-0.1, -0.05) is 17.4 Å². The van der Waals surface area contributed by atoms with E-state index in [0.29, 0.717) is 14.6 Å². The number of hydrogen-bond acceptors (Lipinski definition) is 8. The highest BCUT2D eigenvalue weighted by molar-refractivity contribution is 9.10. The molecule has 1 heterocycles. The first-order chi connectivity index (χ1) is 9.11. The Hall–Kier alpha value is -1.78. The summed E-state index contributed by atoms with van der Waals surface area (Å²) >= 11 is 4.42. The van der Waals surface area contributed by atoms with Crippen LogP contribution in [0.25, 0.3) is 0 Å². The molecule has 1 aromatic carbocycles. The van der Waals surface area contributed by atoms with E-state index in [1.807, 2.05) is 0 Å². The van der Waals surface area contributed by atoms with Crippen LogP contribution in [0.4, 0.5) is 10.8 Å². The SMILES string of the molecule is NNc1nnc(COc2c(Br)cccc2[N+](=O)[O-])s1. The van der Waals surface area contributed by atoms with Gasteiger partial charge in [-0.25, -0.2) is 5.84 Å². The minimum Gasteiger partial charge on any atom is -0.479 e. The van der Waals surface area contributed by atoms with Crippen molar-refractivity contribution in [2.45, 2.75) is 6.61 Å². The smallest absolute Gasteiger partial charge is 0.312 e. The third kappa shape index (κ3) is 3.16. The maximum Gasteiger partial charge on any atom is 0.312 e.